The number of primary amides is 1. The summed E-state index contributed by atoms with van der Waals surface area (Å²) < 4.78 is 1.04. The van der Waals surface area contributed by atoms with Crippen molar-refractivity contribution in [1.29, 1.82) is 0 Å². The lowest BCUT2D eigenvalue weighted by atomic mass is 10.3. The van der Waals surface area contributed by atoms with E-state index in [1.54, 1.807) is 29.8 Å². The van der Waals surface area contributed by atoms with Gasteiger partial charge in [-0.15, -0.1) is 0 Å². The fourth-order valence-corrected chi connectivity index (χ4v) is 2.98. The Balaban J connectivity index is 2.18. The lowest BCUT2D eigenvalue weighted by Crippen LogP contribution is -2.12. The maximum Gasteiger partial charge on any atom is 0.267 e. The molecule has 0 aliphatic carbocycles. The van der Waals surface area contributed by atoms with E-state index in [1.807, 2.05) is 13.1 Å². The second-order valence-electron chi connectivity index (χ2n) is 3.08. The lowest BCUT2D eigenvalue weighted by molar-refractivity contribution is 0.0995. The summed E-state index contributed by atoms with van der Waals surface area (Å²) in [5, 5.41) is 3.83. The molecule has 7 heteroatoms. The van der Waals surface area contributed by atoms with Gasteiger partial charge < -0.3 is 11.1 Å². The highest BCUT2D eigenvalue weighted by Gasteiger charge is 2.06. The molecule has 88 valence electrons. The van der Waals surface area contributed by atoms with Crippen LogP contribution >= 0.6 is 23.1 Å². The molecule has 2 heterocycles. The molecule has 3 N–H and O–H groups in total. The van der Waals surface area contributed by atoms with E-state index in [0.29, 0.717) is 0 Å². The van der Waals surface area contributed by atoms with Gasteiger partial charge in [0.2, 0.25) is 0 Å². The summed E-state index contributed by atoms with van der Waals surface area (Å²) in [6.07, 6.45) is 3.36. The quantitative estimate of drug-likeness (QED) is 0.882. The summed E-state index contributed by atoms with van der Waals surface area (Å²) in [6.45, 7) is 0. The van der Waals surface area contributed by atoms with Gasteiger partial charge in [0.05, 0.1) is 10.4 Å². The number of pyridine rings is 1. The fraction of sp³-hybridized carbons (Fsp3) is 0.100. The van der Waals surface area contributed by atoms with Gasteiger partial charge in [-0.25, -0.2) is 4.98 Å². The maximum absolute atomic E-state index is 11.0. The third-order valence-electron chi connectivity index (χ3n) is 1.90. The minimum Gasteiger partial charge on any atom is -0.365 e. The van der Waals surface area contributed by atoms with E-state index in [2.05, 4.69) is 15.3 Å². The maximum atomic E-state index is 11.0. The molecular formula is C10H10N4OS2. The van der Waals surface area contributed by atoms with Crippen LogP contribution in [0, 0.1) is 0 Å². The van der Waals surface area contributed by atoms with Crippen LogP contribution in [0.25, 0.3) is 0 Å². The van der Waals surface area contributed by atoms with Crippen LogP contribution < -0.4 is 11.1 Å². The molecular weight excluding hydrogens is 256 g/mol. The van der Waals surface area contributed by atoms with Crippen molar-refractivity contribution in [1.82, 2.24) is 9.97 Å². The first-order chi connectivity index (χ1) is 8.19. The molecule has 17 heavy (non-hydrogen) atoms. The molecule has 0 saturated heterocycles. The first kappa shape index (κ1) is 11.9. The smallest absolute Gasteiger partial charge is 0.267 e. The number of thiazole rings is 1. The molecule has 0 unspecified atom stereocenters. The SMILES string of the molecule is CNc1ncc(Sc2ccnc(C(N)=O)c2)s1. The number of hydrogen-bond donors (Lipinski definition) is 2. The van der Waals surface area contributed by atoms with E-state index in [1.165, 1.54) is 11.8 Å². The Morgan fingerprint density at radius 1 is 1.53 bits per heavy atom. The number of nitrogens with two attached hydrogens (primary N) is 1. The molecule has 0 aliphatic heterocycles. The molecule has 5 nitrogen and oxygen atoms in total. The number of amides is 1. The van der Waals surface area contributed by atoms with Crippen molar-refractivity contribution in [3.63, 3.8) is 0 Å². The molecule has 0 aliphatic rings. The Hall–Kier alpha value is -1.60. The number of anilines is 1. The third kappa shape index (κ3) is 2.95. The van der Waals surface area contributed by atoms with Crippen LogP contribution in [0.5, 0.6) is 0 Å². The highest BCUT2D eigenvalue weighted by molar-refractivity contribution is 8.01. The van der Waals surface area contributed by atoms with Gasteiger partial charge in [-0.2, -0.15) is 0 Å². The summed E-state index contributed by atoms with van der Waals surface area (Å²) in [7, 11) is 1.82. The summed E-state index contributed by atoms with van der Waals surface area (Å²) in [5.74, 6) is -0.521. The van der Waals surface area contributed by atoms with Gasteiger partial charge in [-0.3, -0.25) is 9.78 Å². The normalized spacial score (nSPS) is 10.2. The first-order valence-electron chi connectivity index (χ1n) is 4.76. The highest BCUT2D eigenvalue weighted by atomic mass is 32.2. The van der Waals surface area contributed by atoms with E-state index < -0.39 is 5.91 Å². The predicted octanol–water partition coefficient (Wildman–Crippen LogP) is 1.83. The zero-order valence-corrected chi connectivity index (χ0v) is 10.6. The lowest BCUT2D eigenvalue weighted by Gasteiger charge is -1.99. The van der Waals surface area contributed by atoms with Crippen molar-refractivity contribution in [2.75, 3.05) is 12.4 Å². The highest BCUT2D eigenvalue weighted by Crippen LogP contribution is 2.33. The number of rotatable bonds is 4. The number of carbonyl (C=O) groups excluding carboxylic acids is 1. The molecule has 0 fully saturated rings. The molecule has 0 atom stereocenters. The minimum atomic E-state index is -0.521. The van der Waals surface area contributed by atoms with Crippen LogP contribution in [0.3, 0.4) is 0 Å². The largest absolute Gasteiger partial charge is 0.365 e. The molecule has 0 bridgehead atoms. The number of nitrogens with zero attached hydrogens (tertiary/aromatic N) is 2. The van der Waals surface area contributed by atoms with E-state index >= 15 is 0 Å². The third-order valence-corrected chi connectivity index (χ3v) is 4.01. The summed E-state index contributed by atoms with van der Waals surface area (Å²) in [6, 6.07) is 3.50. The van der Waals surface area contributed by atoms with Crippen LogP contribution in [0.15, 0.2) is 33.6 Å². The monoisotopic (exact) mass is 266 g/mol. The Morgan fingerprint density at radius 2 is 2.35 bits per heavy atom. The van der Waals surface area contributed by atoms with Gasteiger partial charge in [0.1, 0.15) is 5.69 Å². The summed E-state index contributed by atoms with van der Waals surface area (Å²) >= 11 is 3.07. The van der Waals surface area contributed by atoms with Crippen LogP contribution in [0.1, 0.15) is 10.5 Å². The average molecular weight is 266 g/mol. The standard InChI is InChI=1S/C10H10N4OS2/c1-12-10-14-5-8(17-10)16-6-2-3-13-7(4-6)9(11)15/h2-5H,1H3,(H2,11,15)(H,12,14). The van der Waals surface area contributed by atoms with E-state index in [9.17, 15) is 4.79 Å². The van der Waals surface area contributed by atoms with Crippen molar-refractivity contribution < 1.29 is 4.79 Å². The second-order valence-corrected chi connectivity index (χ2v) is 5.48. The van der Waals surface area contributed by atoms with Crippen LogP contribution in [-0.2, 0) is 0 Å². The van der Waals surface area contributed by atoms with Gasteiger partial charge in [0, 0.05) is 18.1 Å². The zero-order valence-electron chi connectivity index (χ0n) is 9.01. The zero-order chi connectivity index (χ0) is 12.3. The van der Waals surface area contributed by atoms with Gasteiger partial charge in [-0.05, 0) is 12.1 Å². The summed E-state index contributed by atoms with van der Waals surface area (Å²) in [4.78, 5) is 20.0. The average Bonchev–Trinajstić information content (AvgIpc) is 2.77. The topological polar surface area (TPSA) is 80.9 Å². The van der Waals surface area contributed by atoms with Crippen LogP contribution in [-0.4, -0.2) is 22.9 Å². The number of carbonyl (C=O) groups is 1. The van der Waals surface area contributed by atoms with E-state index in [0.717, 1.165) is 14.2 Å². The molecule has 0 saturated carbocycles. The van der Waals surface area contributed by atoms with Crippen molar-refractivity contribution in [3.05, 3.63) is 30.2 Å². The Morgan fingerprint density at radius 3 is 3.00 bits per heavy atom. The predicted molar refractivity (Wildman–Crippen MR) is 68.5 cm³/mol. The van der Waals surface area contributed by atoms with Gasteiger partial charge in [0.15, 0.2) is 5.13 Å². The fourth-order valence-electron chi connectivity index (χ4n) is 1.15. The van der Waals surface area contributed by atoms with Crippen LogP contribution in [0.4, 0.5) is 5.13 Å². The molecule has 2 rings (SSSR count). The van der Waals surface area contributed by atoms with Crippen LogP contribution in [0.2, 0.25) is 0 Å². The number of hydrogen-bond acceptors (Lipinski definition) is 6. The second kappa shape index (κ2) is 5.15. The van der Waals surface area contributed by atoms with Crippen molar-refractivity contribution >= 4 is 34.1 Å². The molecule has 2 aromatic rings. The Labute approximate surface area is 106 Å². The molecule has 0 aromatic carbocycles. The summed E-state index contributed by atoms with van der Waals surface area (Å²) in [5.41, 5.74) is 5.44. The Kier molecular flexibility index (Phi) is 3.60. The molecule has 2 aromatic heterocycles. The molecule has 0 radical (unpaired) electrons. The van der Waals surface area contributed by atoms with Crippen molar-refractivity contribution in [3.8, 4) is 0 Å². The molecule has 1 amide bonds. The number of nitrogens with one attached hydrogen (secondary N) is 1. The van der Waals surface area contributed by atoms with Gasteiger partial charge in [-0.1, -0.05) is 23.1 Å². The Bertz CT molecular complexity index is 541. The van der Waals surface area contributed by atoms with Gasteiger partial charge >= 0.3 is 0 Å². The van der Waals surface area contributed by atoms with E-state index in [4.69, 9.17) is 5.73 Å². The minimum absolute atomic E-state index is 0.272. The molecule has 0 spiro atoms. The number of aromatic nitrogens is 2. The van der Waals surface area contributed by atoms with Gasteiger partial charge in [0.25, 0.3) is 5.91 Å². The van der Waals surface area contributed by atoms with Crippen molar-refractivity contribution in [2.24, 2.45) is 5.73 Å². The van der Waals surface area contributed by atoms with Crippen molar-refractivity contribution in [2.45, 2.75) is 9.10 Å². The first-order valence-corrected chi connectivity index (χ1v) is 6.39. The van der Waals surface area contributed by atoms with E-state index in [-0.39, 0.29) is 5.69 Å².